The first kappa shape index (κ1) is 16.8. The highest BCUT2D eigenvalue weighted by atomic mass is 32.2. The third kappa shape index (κ3) is 3.56. The van der Waals surface area contributed by atoms with Crippen LogP contribution in [-0.4, -0.2) is 36.0 Å². The second kappa shape index (κ2) is 6.84. The first-order valence-electron chi connectivity index (χ1n) is 8.07. The molecule has 0 N–H and O–H groups in total. The summed E-state index contributed by atoms with van der Waals surface area (Å²) in [6.07, 6.45) is 2.65. The van der Waals surface area contributed by atoms with Gasteiger partial charge in [0.1, 0.15) is 5.82 Å². The van der Waals surface area contributed by atoms with Gasteiger partial charge in [0.25, 0.3) is 0 Å². The second-order valence-corrected chi connectivity index (χ2v) is 7.31. The molecule has 1 aliphatic heterocycles. The van der Waals surface area contributed by atoms with E-state index in [2.05, 4.69) is 19.9 Å². The maximum Gasteiger partial charge on any atom is 0.236 e. The molecule has 3 heterocycles. The number of amides is 1. The van der Waals surface area contributed by atoms with Gasteiger partial charge in [-0.15, -0.1) is 0 Å². The zero-order valence-electron chi connectivity index (χ0n) is 14.4. The molecule has 2 aromatic heterocycles. The third-order valence-corrected chi connectivity index (χ3v) is 4.87. The van der Waals surface area contributed by atoms with Crippen LogP contribution in [0.25, 0.3) is 0 Å². The number of thioether (sulfide) groups is 1. The topological polar surface area (TPSA) is 71.9 Å². The molecule has 7 heteroatoms. The molecule has 1 atom stereocenters. The lowest BCUT2D eigenvalue weighted by Crippen LogP contribution is -2.32. The van der Waals surface area contributed by atoms with Crippen LogP contribution < -0.4 is 0 Å². The van der Waals surface area contributed by atoms with Crippen LogP contribution in [0.1, 0.15) is 42.3 Å². The van der Waals surface area contributed by atoms with E-state index in [4.69, 9.17) is 0 Å². The molecular formula is C17H21N5OS. The number of rotatable bonds is 4. The molecule has 0 saturated heterocycles. The SMILES string of the molecule is CCc1ncc2c(n1)CN(C(=O)[C@@H](C)Sc1nc(C)cc(C)n1)C2. The van der Waals surface area contributed by atoms with Crippen molar-refractivity contribution in [2.45, 2.75) is 57.6 Å². The number of carbonyl (C=O) groups excluding carboxylic acids is 1. The van der Waals surface area contributed by atoms with Crippen LogP contribution in [0.2, 0.25) is 0 Å². The molecule has 0 spiro atoms. The van der Waals surface area contributed by atoms with E-state index < -0.39 is 0 Å². The predicted octanol–water partition coefficient (Wildman–Crippen LogP) is 2.47. The second-order valence-electron chi connectivity index (χ2n) is 6.00. The van der Waals surface area contributed by atoms with Crippen LogP contribution in [0.3, 0.4) is 0 Å². The average molecular weight is 343 g/mol. The van der Waals surface area contributed by atoms with E-state index in [0.29, 0.717) is 18.2 Å². The zero-order chi connectivity index (χ0) is 17.3. The molecule has 1 amide bonds. The summed E-state index contributed by atoms with van der Waals surface area (Å²) < 4.78 is 0. The predicted molar refractivity (Wildman–Crippen MR) is 92.5 cm³/mol. The van der Waals surface area contributed by atoms with Gasteiger partial charge in [-0.25, -0.2) is 19.9 Å². The number of aromatic nitrogens is 4. The lowest BCUT2D eigenvalue weighted by atomic mass is 10.3. The highest BCUT2D eigenvalue weighted by molar-refractivity contribution is 8.00. The number of fused-ring (bicyclic) bond motifs is 1. The summed E-state index contributed by atoms with van der Waals surface area (Å²) in [5.74, 6) is 0.910. The number of hydrogen-bond donors (Lipinski definition) is 0. The van der Waals surface area contributed by atoms with Crippen LogP contribution in [0.15, 0.2) is 17.4 Å². The molecule has 0 bridgehead atoms. The first-order chi connectivity index (χ1) is 11.5. The Bertz CT molecular complexity index is 759. The summed E-state index contributed by atoms with van der Waals surface area (Å²) in [6.45, 7) is 8.94. The molecular weight excluding hydrogens is 322 g/mol. The average Bonchev–Trinajstić information content (AvgIpc) is 2.95. The normalized spacial score (nSPS) is 14.6. The van der Waals surface area contributed by atoms with Crippen molar-refractivity contribution >= 4 is 17.7 Å². The van der Waals surface area contributed by atoms with E-state index in [1.807, 2.05) is 44.9 Å². The van der Waals surface area contributed by atoms with Crippen molar-refractivity contribution in [3.05, 3.63) is 40.7 Å². The Hall–Kier alpha value is -2.02. The highest BCUT2D eigenvalue weighted by Crippen LogP contribution is 2.26. The van der Waals surface area contributed by atoms with Crippen molar-refractivity contribution in [3.63, 3.8) is 0 Å². The molecule has 3 rings (SSSR count). The van der Waals surface area contributed by atoms with E-state index in [1.54, 1.807) is 0 Å². The maximum absolute atomic E-state index is 12.7. The molecule has 0 unspecified atom stereocenters. The largest absolute Gasteiger partial charge is 0.331 e. The van der Waals surface area contributed by atoms with Crippen LogP contribution in [0.5, 0.6) is 0 Å². The summed E-state index contributed by atoms with van der Waals surface area (Å²) in [7, 11) is 0. The summed E-state index contributed by atoms with van der Waals surface area (Å²) in [6, 6.07) is 1.93. The number of hydrogen-bond acceptors (Lipinski definition) is 6. The molecule has 0 fully saturated rings. The maximum atomic E-state index is 12.7. The van der Waals surface area contributed by atoms with Gasteiger partial charge < -0.3 is 4.90 Å². The lowest BCUT2D eigenvalue weighted by Gasteiger charge is -2.19. The summed E-state index contributed by atoms with van der Waals surface area (Å²) in [4.78, 5) is 32.2. The van der Waals surface area contributed by atoms with Gasteiger partial charge in [0, 0.05) is 36.1 Å². The molecule has 6 nitrogen and oxygen atoms in total. The van der Waals surface area contributed by atoms with Crippen molar-refractivity contribution in [3.8, 4) is 0 Å². The van der Waals surface area contributed by atoms with E-state index in [0.717, 1.165) is 34.9 Å². The summed E-state index contributed by atoms with van der Waals surface area (Å²) in [5, 5.41) is 0.414. The van der Waals surface area contributed by atoms with Gasteiger partial charge in [-0.3, -0.25) is 4.79 Å². The van der Waals surface area contributed by atoms with E-state index in [1.165, 1.54) is 11.8 Å². The Balaban J connectivity index is 1.68. The Labute approximate surface area is 146 Å². The van der Waals surface area contributed by atoms with Gasteiger partial charge in [0.05, 0.1) is 17.5 Å². The molecule has 24 heavy (non-hydrogen) atoms. The number of nitrogens with zero attached hydrogens (tertiary/aromatic N) is 5. The van der Waals surface area contributed by atoms with Gasteiger partial charge in [0.2, 0.25) is 5.91 Å². The van der Waals surface area contributed by atoms with Gasteiger partial charge in [-0.05, 0) is 26.8 Å². The van der Waals surface area contributed by atoms with E-state index in [-0.39, 0.29) is 11.2 Å². The fraction of sp³-hybridized carbons (Fsp3) is 0.471. The molecule has 0 saturated carbocycles. The summed E-state index contributed by atoms with van der Waals surface area (Å²) in [5.41, 5.74) is 3.84. The Morgan fingerprint density at radius 2 is 1.96 bits per heavy atom. The first-order valence-corrected chi connectivity index (χ1v) is 8.95. The van der Waals surface area contributed by atoms with Crippen molar-refractivity contribution in [1.29, 1.82) is 0 Å². The van der Waals surface area contributed by atoms with E-state index in [9.17, 15) is 4.79 Å². The monoisotopic (exact) mass is 343 g/mol. The fourth-order valence-electron chi connectivity index (χ4n) is 2.73. The smallest absolute Gasteiger partial charge is 0.236 e. The van der Waals surface area contributed by atoms with Gasteiger partial charge in [-0.2, -0.15) is 0 Å². The quantitative estimate of drug-likeness (QED) is 0.627. The molecule has 2 aromatic rings. The van der Waals surface area contributed by atoms with Crippen LogP contribution in [-0.2, 0) is 24.3 Å². The molecule has 0 aromatic carbocycles. The fourth-order valence-corrected chi connectivity index (χ4v) is 3.69. The van der Waals surface area contributed by atoms with Crippen molar-refractivity contribution in [2.75, 3.05) is 0 Å². The van der Waals surface area contributed by atoms with Gasteiger partial charge in [0.15, 0.2) is 5.16 Å². The standard InChI is InChI=1S/C17H21N5OS/c1-5-15-18-7-13-8-22(9-14(13)21-15)16(23)12(4)24-17-19-10(2)6-11(3)20-17/h6-7,12H,5,8-9H2,1-4H3/t12-/m1/s1. The van der Waals surface area contributed by atoms with Gasteiger partial charge in [-0.1, -0.05) is 18.7 Å². The molecule has 126 valence electrons. The minimum atomic E-state index is -0.237. The van der Waals surface area contributed by atoms with Crippen molar-refractivity contribution in [2.24, 2.45) is 0 Å². The lowest BCUT2D eigenvalue weighted by molar-refractivity contribution is -0.130. The molecule has 0 radical (unpaired) electrons. The Kier molecular flexibility index (Phi) is 4.80. The zero-order valence-corrected chi connectivity index (χ0v) is 15.2. The minimum absolute atomic E-state index is 0.0822. The van der Waals surface area contributed by atoms with Gasteiger partial charge >= 0.3 is 0 Å². The van der Waals surface area contributed by atoms with Crippen LogP contribution in [0, 0.1) is 13.8 Å². The molecule has 0 aliphatic carbocycles. The van der Waals surface area contributed by atoms with Crippen LogP contribution in [0.4, 0.5) is 0 Å². The van der Waals surface area contributed by atoms with Crippen molar-refractivity contribution in [1.82, 2.24) is 24.8 Å². The molecule has 1 aliphatic rings. The Morgan fingerprint density at radius 3 is 2.62 bits per heavy atom. The van der Waals surface area contributed by atoms with E-state index >= 15 is 0 Å². The number of carbonyl (C=O) groups is 1. The minimum Gasteiger partial charge on any atom is -0.331 e. The van der Waals surface area contributed by atoms with Crippen LogP contribution >= 0.6 is 11.8 Å². The third-order valence-electron chi connectivity index (χ3n) is 3.93. The van der Waals surface area contributed by atoms with Crippen molar-refractivity contribution < 1.29 is 4.79 Å². The number of aryl methyl sites for hydroxylation is 3. The summed E-state index contributed by atoms with van der Waals surface area (Å²) >= 11 is 1.40. The highest BCUT2D eigenvalue weighted by Gasteiger charge is 2.29. The Morgan fingerprint density at radius 1 is 1.25 bits per heavy atom.